The number of piperidine rings is 1. The maximum absolute atomic E-state index is 12.7. The molecule has 35 heavy (non-hydrogen) atoms. The highest BCUT2D eigenvalue weighted by Crippen LogP contribution is 2.44. The van der Waals surface area contributed by atoms with Crippen molar-refractivity contribution in [2.24, 2.45) is 5.92 Å². The highest BCUT2D eigenvalue weighted by Gasteiger charge is 2.31. The number of nitrogens with zero attached hydrogens (tertiary/aromatic N) is 2. The summed E-state index contributed by atoms with van der Waals surface area (Å²) in [5.74, 6) is -1.60. The molecule has 1 fully saturated rings. The molecule has 9 heteroatoms. The van der Waals surface area contributed by atoms with Gasteiger partial charge in [-0.25, -0.2) is 4.79 Å². The minimum Gasteiger partial charge on any atom is -0.481 e. The number of aromatic nitrogens is 1. The number of carboxylic acid groups (broad SMARTS) is 1. The second-order valence-electron chi connectivity index (χ2n) is 8.79. The van der Waals surface area contributed by atoms with E-state index in [1.807, 2.05) is 24.3 Å². The summed E-state index contributed by atoms with van der Waals surface area (Å²) in [4.78, 5) is 37.7. The van der Waals surface area contributed by atoms with Gasteiger partial charge in [-0.2, -0.15) is 0 Å². The second-order valence-corrected chi connectivity index (χ2v) is 8.79. The van der Waals surface area contributed by atoms with Gasteiger partial charge in [0.1, 0.15) is 6.61 Å². The lowest BCUT2D eigenvalue weighted by Crippen LogP contribution is -2.42. The lowest BCUT2D eigenvalue weighted by Gasteiger charge is -2.29. The summed E-state index contributed by atoms with van der Waals surface area (Å²) in [6, 6.07) is 17.7. The molecule has 2 aromatic carbocycles. The fourth-order valence-electron chi connectivity index (χ4n) is 4.83. The van der Waals surface area contributed by atoms with Crippen LogP contribution >= 0.6 is 0 Å². The number of amides is 2. The van der Waals surface area contributed by atoms with Crippen molar-refractivity contribution in [1.29, 1.82) is 0 Å². The lowest BCUT2D eigenvalue weighted by molar-refractivity contribution is -0.143. The summed E-state index contributed by atoms with van der Waals surface area (Å²) >= 11 is 0. The van der Waals surface area contributed by atoms with Gasteiger partial charge in [-0.3, -0.25) is 9.59 Å². The Balaban J connectivity index is 1.15. The van der Waals surface area contributed by atoms with Crippen LogP contribution in [0.4, 0.5) is 4.79 Å². The highest BCUT2D eigenvalue weighted by atomic mass is 16.5. The number of carbonyl (C=O) groups excluding carboxylic acids is 2. The van der Waals surface area contributed by atoms with Crippen LogP contribution in [0.25, 0.3) is 11.1 Å². The van der Waals surface area contributed by atoms with E-state index < -0.39 is 18.0 Å². The molecule has 0 spiro atoms. The third kappa shape index (κ3) is 4.62. The molecule has 1 aliphatic heterocycles. The van der Waals surface area contributed by atoms with Gasteiger partial charge in [0, 0.05) is 25.1 Å². The standard InChI is InChI=1S/C26H25N3O6/c30-24(29-11-5-6-16(14-29)25(31)32)23-12-17(35-28-23)13-27-26(33)34-15-22-20-9-3-1-7-18(20)19-8-2-4-10-21(19)22/h1-4,7-10,12,16,22H,5-6,11,13-15H2,(H,27,33)(H,31,32)/t16-/m1/s1. The SMILES string of the molecule is O=C(NCc1cc(C(=O)N2CCC[C@@H](C(=O)O)C2)no1)OCC1c2ccccc2-c2ccccc21. The molecule has 0 radical (unpaired) electrons. The molecule has 2 heterocycles. The number of nitrogens with one attached hydrogen (secondary N) is 1. The molecule has 1 atom stereocenters. The molecule has 180 valence electrons. The molecular formula is C26H25N3O6. The molecule has 0 saturated carbocycles. The largest absolute Gasteiger partial charge is 0.481 e. The maximum Gasteiger partial charge on any atom is 0.407 e. The van der Waals surface area contributed by atoms with Crippen LogP contribution in [0.2, 0.25) is 0 Å². The third-order valence-electron chi connectivity index (χ3n) is 6.59. The molecular weight excluding hydrogens is 450 g/mol. The fourth-order valence-corrected chi connectivity index (χ4v) is 4.83. The number of rotatable bonds is 6. The van der Waals surface area contributed by atoms with E-state index in [1.54, 1.807) is 0 Å². The minimum absolute atomic E-state index is 0.00864. The van der Waals surface area contributed by atoms with Crippen molar-refractivity contribution in [2.75, 3.05) is 19.7 Å². The van der Waals surface area contributed by atoms with Crippen LogP contribution in [0.3, 0.4) is 0 Å². The minimum atomic E-state index is -0.907. The van der Waals surface area contributed by atoms with E-state index >= 15 is 0 Å². The van der Waals surface area contributed by atoms with Gasteiger partial charge in [0.15, 0.2) is 11.5 Å². The lowest BCUT2D eigenvalue weighted by atomic mass is 9.98. The van der Waals surface area contributed by atoms with Gasteiger partial charge in [-0.05, 0) is 35.1 Å². The quantitative estimate of drug-likeness (QED) is 0.558. The maximum atomic E-state index is 12.7. The smallest absolute Gasteiger partial charge is 0.407 e. The van der Waals surface area contributed by atoms with Crippen LogP contribution in [-0.4, -0.2) is 52.8 Å². The summed E-state index contributed by atoms with van der Waals surface area (Å²) in [5.41, 5.74) is 4.64. The van der Waals surface area contributed by atoms with Crippen LogP contribution < -0.4 is 5.32 Å². The topological polar surface area (TPSA) is 122 Å². The van der Waals surface area contributed by atoms with E-state index in [0.717, 1.165) is 22.3 Å². The van der Waals surface area contributed by atoms with Gasteiger partial charge in [0.25, 0.3) is 5.91 Å². The molecule has 9 nitrogen and oxygen atoms in total. The average Bonchev–Trinajstić information content (AvgIpc) is 3.49. The zero-order chi connectivity index (χ0) is 24.4. The molecule has 1 saturated heterocycles. The normalized spacial score (nSPS) is 16.9. The number of hydrogen-bond donors (Lipinski definition) is 2. The van der Waals surface area contributed by atoms with Crippen molar-refractivity contribution in [2.45, 2.75) is 25.3 Å². The molecule has 2 N–H and O–H groups in total. The number of likely N-dealkylation sites (tertiary alicyclic amines) is 1. The molecule has 0 bridgehead atoms. The van der Waals surface area contributed by atoms with Gasteiger partial charge in [0.2, 0.25) is 0 Å². The van der Waals surface area contributed by atoms with E-state index in [-0.39, 0.29) is 37.2 Å². The third-order valence-corrected chi connectivity index (χ3v) is 6.59. The van der Waals surface area contributed by atoms with Crippen molar-refractivity contribution in [3.63, 3.8) is 0 Å². The predicted octanol–water partition coefficient (Wildman–Crippen LogP) is 3.65. The second kappa shape index (κ2) is 9.61. The van der Waals surface area contributed by atoms with Crippen LogP contribution in [-0.2, 0) is 16.1 Å². The zero-order valence-corrected chi connectivity index (χ0v) is 19.0. The van der Waals surface area contributed by atoms with Gasteiger partial charge in [-0.1, -0.05) is 53.7 Å². The Hall–Kier alpha value is -4.14. The Labute approximate surface area is 201 Å². The molecule has 2 amide bonds. The zero-order valence-electron chi connectivity index (χ0n) is 19.0. The summed E-state index contributed by atoms with van der Waals surface area (Å²) in [7, 11) is 0. The van der Waals surface area contributed by atoms with E-state index in [4.69, 9.17) is 9.26 Å². The molecule has 2 aliphatic rings. The number of carboxylic acids is 1. The van der Waals surface area contributed by atoms with E-state index in [9.17, 15) is 19.5 Å². The monoisotopic (exact) mass is 475 g/mol. The molecule has 0 unspecified atom stereocenters. The molecule has 3 aromatic rings. The first-order chi connectivity index (χ1) is 17.0. The van der Waals surface area contributed by atoms with Crippen molar-refractivity contribution in [1.82, 2.24) is 15.4 Å². The van der Waals surface area contributed by atoms with Crippen molar-refractivity contribution < 1.29 is 28.8 Å². The van der Waals surface area contributed by atoms with Crippen molar-refractivity contribution in [3.05, 3.63) is 77.2 Å². The van der Waals surface area contributed by atoms with E-state index in [1.165, 1.54) is 11.0 Å². The summed E-state index contributed by atoms with van der Waals surface area (Å²) in [5, 5.41) is 15.6. The molecule has 1 aliphatic carbocycles. The first-order valence-corrected chi connectivity index (χ1v) is 11.6. The first kappa shape index (κ1) is 22.6. The number of carbonyl (C=O) groups is 3. The van der Waals surface area contributed by atoms with Crippen LogP contribution in [0.1, 0.15) is 46.1 Å². The fraction of sp³-hybridized carbons (Fsp3) is 0.308. The number of fused-ring (bicyclic) bond motifs is 3. The van der Waals surface area contributed by atoms with Gasteiger partial charge >= 0.3 is 12.1 Å². The molecule has 1 aromatic heterocycles. The van der Waals surface area contributed by atoms with Crippen molar-refractivity contribution in [3.8, 4) is 11.1 Å². The first-order valence-electron chi connectivity index (χ1n) is 11.6. The van der Waals surface area contributed by atoms with Gasteiger partial charge < -0.3 is 24.6 Å². The van der Waals surface area contributed by atoms with Crippen LogP contribution in [0, 0.1) is 5.92 Å². The van der Waals surface area contributed by atoms with Gasteiger partial charge in [-0.15, -0.1) is 0 Å². The van der Waals surface area contributed by atoms with Crippen molar-refractivity contribution >= 4 is 18.0 Å². The summed E-state index contributed by atoms with van der Waals surface area (Å²) < 4.78 is 10.7. The Morgan fingerprint density at radius 3 is 2.46 bits per heavy atom. The summed E-state index contributed by atoms with van der Waals surface area (Å²) in [6.07, 6.45) is 0.570. The number of hydrogen-bond acceptors (Lipinski definition) is 6. The summed E-state index contributed by atoms with van der Waals surface area (Å²) in [6.45, 7) is 0.825. The van der Waals surface area contributed by atoms with Gasteiger partial charge in [0.05, 0.1) is 12.5 Å². The Bertz CT molecular complexity index is 1220. The Kier molecular flexibility index (Phi) is 6.22. The van der Waals surface area contributed by atoms with E-state index in [0.29, 0.717) is 25.1 Å². The Morgan fingerprint density at radius 2 is 1.77 bits per heavy atom. The number of benzene rings is 2. The Morgan fingerprint density at radius 1 is 1.09 bits per heavy atom. The number of ether oxygens (including phenoxy) is 1. The van der Waals surface area contributed by atoms with E-state index in [2.05, 4.69) is 34.7 Å². The van der Waals surface area contributed by atoms with Crippen LogP contribution in [0.15, 0.2) is 59.1 Å². The number of alkyl carbamates (subject to hydrolysis) is 1. The highest BCUT2D eigenvalue weighted by molar-refractivity contribution is 5.92. The number of aliphatic carboxylic acids is 1. The van der Waals surface area contributed by atoms with Crippen LogP contribution in [0.5, 0.6) is 0 Å². The molecule has 5 rings (SSSR count). The average molecular weight is 476 g/mol. The predicted molar refractivity (Wildman–Crippen MR) is 125 cm³/mol.